The van der Waals surface area contributed by atoms with Gasteiger partial charge in [0.05, 0.1) is 23.7 Å². The van der Waals surface area contributed by atoms with Gasteiger partial charge in [-0.3, -0.25) is 9.67 Å². The maximum atomic E-state index is 10.3. The third kappa shape index (κ3) is 2.18. The highest BCUT2D eigenvalue weighted by Crippen LogP contribution is 2.32. The van der Waals surface area contributed by atoms with E-state index >= 15 is 0 Å². The fourth-order valence-electron chi connectivity index (χ4n) is 1.68. The Labute approximate surface area is 104 Å². The molecule has 92 valence electrons. The van der Waals surface area contributed by atoms with Crippen LogP contribution in [-0.4, -0.2) is 27.0 Å². The van der Waals surface area contributed by atoms with Crippen LogP contribution in [0.1, 0.15) is 36.6 Å². The molecule has 0 aliphatic heterocycles. The van der Waals surface area contributed by atoms with Gasteiger partial charge in [-0.25, -0.2) is 0 Å². The van der Waals surface area contributed by atoms with Crippen molar-refractivity contribution in [1.29, 1.82) is 0 Å². The van der Waals surface area contributed by atoms with Crippen LogP contribution in [0.3, 0.4) is 0 Å². The lowest BCUT2D eigenvalue weighted by Crippen LogP contribution is -2.12. The van der Waals surface area contributed by atoms with Crippen LogP contribution in [0.4, 0.5) is 0 Å². The van der Waals surface area contributed by atoms with Crippen molar-refractivity contribution in [2.24, 2.45) is 0 Å². The molecule has 1 N–H and O–H groups in total. The van der Waals surface area contributed by atoms with Crippen molar-refractivity contribution in [3.8, 4) is 5.75 Å². The van der Waals surface area contributed by atoms with Gasteiger partial charge in [-0.15, -0.1) is 11.3 Å². The van der Waals surface area contributed by atoms with Crippen LogP contribution in [0.5, 0.6) is 5.75 Å². The van der Waals surface area contributed by atoms with E-state index in [-0.39, 0.29) is 6.04 Å². The fraction of sp³-hybridized carbons (Fsp3) is 0.455. The van der Waals surface area contributed by atoms with E-state index in [9.17, 15) is 5.11 Å². The van der Waals surface area contributed by atoms with Crippen molar-refractivity contribution in [3.63, 3.8) is 0 Å². The van der Waals surface area contributed by atoms with Crippen LogP contribution in [-0.2, 0) is 0 Å². The minimum absolute atomic E-state index is 0.163. The van der Waals surface area contributed by atoms with E-state index in [1.165, 1.54) is 11.3 Å². The first-order valence-corrected chi connectivity index (χ1v) is 6.21. The number of aliphatic hydroxyl groups excluding tert-OH is 1. The number of aromatic nitrogens is 3. The van der Waals surface area contributed by atoms with Crippen molar-refractivity contribution >= 4 is 11.3 Å². The highest BCUT2D eigenvalue weighted by Gasteiger charge is 2.23. The highest BCUT2D eigenvalue weighted by atomic mass is 32.1. The summed E-state index contributed by atoms with van der Waals surface area (Å²) in [6, 6.07) is 0.163. The minimum Gasteiger partial charge on any atom is -0.493 e. The number of methoxy groups -OCH3 is 1. The van der Waals surface area contributed by atoms with Crippen molar-refractivity contribution in [2.45, 2.75) is 26.0 Å². The molecular formula is C11H15N3O2S. The number of rotatable bonds is 4. The predicted octanol–water partition coefficient (Wildman–Crippen LogP) is 2.01. The Hall–Kier alpha value is -1.40. The SMILES string of the molecule is COc1cnn(C(C)C)c1C(O)c1cncs1. The molecule has 0 aliphatic carbocycles. The van der Waals surface area contributed by atoms with Gasteiger partial charge in [-0.05, 0) is 13.8 Å². The summed E-state index contributed by atoms with van der Waals surface area (Å²) < 4.78 is 7.00. The first-order valence-electron chi connectivity index (χ1n) is 5.33. The molecule has 2 rings (SSSR count). The van der Waals surface area contributed by atoms with Gasteiger partial charge in [0, 0.05) is 12.2 Å². The zero-order valence-electron chi connectivity index (χ0n) is 9.99. The number of aliphatic hydroxyl groups is 1. The molecule has 0 spiro atoms. The molecule has 0 fully saturated rings. The Morgan fingerprint density at radius 2 is 2.18 bits per heavy atom. The summed E-state index contributed by atoms with van der Waals surface area (Å²) in [5.74, 6) is 0.597. The summed E-state index contributed by atoms with van der Waals surface area (Å²) in [6.45, 7) is 4.02. The molecule has 0 saturated carbocycles. The van der Waals surface area contributed by atoms with E-state index in [0.29, 0.717) is 11.4 Å². The van der Waals surface area contributed by atoms with E-state index in [1.54, 1.807) is 29.7 Å². The second-order valence-electron chi connectivity index (χ2n) is 3.94. The van der Waals surface area contributed by atoms with Gasteiger partial charge in [0.1, 0.15) is 11.8 Å². The van der Waals surface area contributed by atoms with E-state index in [2.05, 4.69) is 10.1 Å². The summed E-state index contributed by atoms with van der Waals surface area (Å²) >= 11 is 1.41. The zero-order chi connectivity index (χ0) is 12.4. The number of nitrogens with zero attached hydrogens (tertiary/aromatic N) is 3. The van der Waals surface area contributed by atoms with Gasteiger partial charge >= 0.3 is 0 Å². The summed E-state index contributed by atoms with van der Waals surface area (Å²) in [6.07, 6.45) is 2.54. The largest absolute Gasteiger partial charge is 0.493 e. The maximum absolute atomic E-state index is 10.3. The molecule has 0 aliphatic rings. The van der Waals surface area contributed by atoms with Crippen molar-refractivity contribution < 1.29 is 9.84 Å². The van der Waals surface area contributed by atoms with Crippen LogP contribution in [0.15, 0.2) is 17.9 Å². The predicted molar refractivity (Wildman–Crippen MR) is 65.3 cm³/mol. The Morgan fingerprint density at radius 3 is 2.71 bits per heavy atom. The lowest BCUT2D eigenvalue weighted by Gasteiger charge is -2.15. The molecule has 2 aromatic heterocycles. The molecule has 6 heteroatoms. The molecule has 1 atom stereocenters. The Morgan fingerprint density at radius 1 is 1.41 bits per heavy atom. The zero-order valence-corrected chi connectivity index (χ0v) is 10.8. The lowest BCUT2D eigenvalue weighted by atomic mass is 10.2. The van der Waals surface area contributed by atoms with Gasteiger partial charge in [-0.1, -0.05) is 0 Å². The van der Waals surface area contributed by atoms with Crippen LogP contribution in [0.25, 0.3) is 0 Å². The van der Waals surface area contributed by atoms with Crippen LogP contribution >= 0.6 is 11.3 Å². The number of thiazole rings is 1. The van der Waals surface area contributed by atoms with Gasteiger partial charge in [0.2, 0.25) is 0 Å². The van der Waals surface area contributed by atoms with Crippen molar-refractivity contribution in [2.75, 3.05) is 7.11 Å². The van der Waals surface area contributed by atoms with Gasteiger partial charge in [-0.2, -0.15) is 5.10 Å². The van der Waals surface area contributed by atoms with E-state index in [0.717, 1.165) is 4.88 Å². The molecular weight excluding hydrogens is 238 g/mol. The number of hydrogen-bond acceptors (Lipinski definition) is 5. The Bertz CT molecular complexity index is 479. The molecule has 0 saturated heterocycles. The van der Waals surface area contributed by atoms with Crippen molar-refractivity contribution in [1.82, 2.24) is 14.8 Å². The average Bonchev–Trinajstić information content (AvgIpc) is 2.96. The number of ether oxygens (including phenoxy) is 1. The Balaban J connectivity index is 2.45. The van der Waals surface area contributed by atoms with Crippen LogP contribution in [0, 0.1) is 0 Å². The van der Waals surface area contributed by atoms with E-state index in [4.69, 9.17) is 4.74 Å². The van der Waals surface area contributed by atoms with Crippen LogP contribution in [0.2, 0.25) is 0 Å². The molecule has 1 unspecified atom stereocenters. The average molecular weight is 253 g/mol. The molecule has 0 amide bonds. The topological polar surface area (TPSA) is 60.2 Å². The number of hydrogen-bond donors (Lipinski definition) is 1. The first kappa shape index (κ1) is 12.1. The van der Waals surface area contributed by atoms with Gasteiger partial charge in [0.15, 0.2) is 5.75 Å². The first-order chi connectivity index (χ1) is 8.15. The molecule has 2 aromatic rings. The summed E-state index contributed by atoms with van der Waals surface area (Å²) in [7, 11) is 1.57. The maximum Gasteiger partial charge on any atom is 0.163 e. The summed E-state index contributed by atoms with van der Waals surface area (Å²) in [5, 5.41) is 14.6. The lowest BCUT2D eigenvalue weighted by molar-refractivity contribution is 0.203. The van der Waals surface area contributed by atoms with E-state index < -0.39 is 6.10 Å². The molecule has 0 aromatic carbocycles. The molecule has 2 heterocycles. The van der Waals surface area contributed by atoms with Gasteiger partial charge in [0.25, 0.3) is 0 Å². The minimum atomic E-state index is -0.748. The third-order valence-corrected chi connectivity index (χ3v) is 3.32. The normalized spacial score (nSPS) is 13.0. The standard InChI is InChI=1S/C11H15N3O2S/c1-7(2)14-10(8(16-3)4-13-14)11(15)9-5-12-6-17-9/h4-7,11,15H,1-3H3. The van der Waals surface area contributed by atoms with Gasteiger partial charge < -0.3 is 9.84 Å². The van der Waals surface area contributed by atoms with Crippen LogP contribution < -0.4 is 4.74 Å². The molecule has 0 radical (unpaired) electrons. The van der Waals surface area contributed by atoms with E-state index in [1.807, 2.05) is 13.8 Å². The third-order valence-electron chi connectivity index (χ3n) is 2.49. The molecule has 5 nitrogen and oxygen atoms in total. The highest BCUT2D eigenvalue weighted by molar-refractivity contribution is 7.09. The molecule has 0 bridgehead atoms. The summed E-state index contributed by atoms with van der Waals surface area (Å²) in [4.78, 5) is 4.75. The summed E-state index contributed by atoms with van der Waals surface area (Å²) in [5.41, 5.74) is 2.37. The monoisotopic (exact) mass is 253 g/mol. The second-order valence-corrected chi connectivity index (χ2v) is 4.86. The smallest absolute Gasteiger partial charge is 0.163 e. The fourth-order valence-corrected chi connectivity index (χ4v) is 2.29. The second kappa shape index (κ2) is 4.85. The van der Waals surface area contributed by atoms with Crippen molar-refractivity contribution in [3.05, 3.63) is 28.5 Å². The Kier molecular flexibility index (Phi) is 3.44. The molecule has 17 heavy (non-hydrogen) atoms. The quantitative estimate of drug-likeness (QED) is 0.905.